The van der Waals surface area contributed by atoms with Crippen molar-refractivity contribution in [2.45, 2.75) is 25.8 Å². The lowest BCUT2D eigenvalue weighted by Gasteiger charge is -2.27. The zero-order chi connectivity index (χ0) is 34.3. The summed E-state index contributed by atoms with van der Waals surface area (Å²) in [6, 6.07) is 16.1. The standard InChI is InChI=1S/C36H39N5O8/c1-24-3-5-25(6-4-24)30-23-40-12-11-26(21-32(40)37-30)39(2)13-14-46-15-16-47-17-18-48-19-20-49-27-7-8-28-29(22-27)36(45)41(35(28)44)31-9-10-33(42)38-34(31)43/h3-8,11-12,21-23,31H,9-10,13-20H2,1-2H3,(H,38,42,43). The molecule has 0 aliphatic carbocycles. The van der Waals surface area contributed by atoms with Crippen LogP contribution >= 0.6 is 0 Å². The maximum Gasteiger partial charge on any atom is 0.262 e. The van der Waals surface area contributed by atoms with Gasteiger partial charge in [0.1, 0.15) is 24.0 Å². The Labute approximate surface area is 283 Å². The number of hydrogen-bond acceptors (Lipinski definition) is 10. The fourth-order valence-electron chi connectivity index (χ4n) is 5.70. The summed E-state index contributed by atoms with van der Waals surface area (Å²) in [6.07, 6.45) is 4.23. The quantitative estimate of drug-likeness (QED) is 0.140. The van der Waals surface area contributed by atoms with Crippen molar-refractivity contribution in [3.63, 3.8) is 0 Å². The number of imidazole rings is 1. The monoisotopic (exact) mass is 669 g/mol. The van der Waals surface area contributed by atoms with Crippen LogP contribution in [0.5, 0.6) is 5.75 Å². The number of ether oxygens (including phenoxy) is 4. The summed E-state index contributed by atoms with van der Waals surface area (Å²) in [5.74, 6) is -1.79. The number of nitrogens with one attached hydrogen (secondary N) is 1. The number of imide groups is 2. The number of pyridine rings is 1. The van der Waals surface area contributed by atoms with Gasteiger partial charge < -0.3 is 28.2 Å². The second-order valence-electron chi connectivity index (χ2n) is 11.9. The number of likely N-dealkylation sites (N-methyl/N-ethyl adjacent to an activating group) is 1. The van der Waals surface area contributed by atoms with E-state index in [-0.39, 0.29) is 30.6 Å². The average Bonchev–Trinajstić information content (AvgIpc) is 3.63. The summed E-state index contributed by atoms with van der Waals surface area (Å²) in [5.41, 5.74) is 5.57. The van der Waals surface area contributed by atoms with E-state index in [1.165, 1.54) is 17.7 Å². The van der Waals surface area contributed by atoms with Crippen LogP contribution in [0.15, 0.2) is 67.0 Å². The van der Waals surface area contributed by atoms with Gasteiger partial charge >= 0.3 is 0 Å². The van der Waals surface area contributed by atoms with E-state index in [1.54, 1.807) is 6.07 Å². The van der Waals surface area contributed by atoms with E-state index >= 15 is 0 Å². The van der Waals surface area contributed by atoms with Crippen LogP contribution in [0.2, 0.25) is 0 Å². The second kappa shape index (κ2) is 15.4. The Bertz CT molecular complexity index is 1840. The molecule has 1 N–H and O–H groups in total. The first kappa shape index (κ1) is 33.8. The molecule has 0 radical (unpaired) electrons. The molecule has 1 unspecified atom stereocenters. The fraction of sp³-hybridized carbons (Fsp3) is 0.361. The maximum atomic E-state index is 13.0. The average molecular weight is 670 g/mol. The summed E-state index contributed by atoms with van der Waals surface area (Å²) in [4.78, 5) is 57.3. The van der Waals surface area contributed by atoms with E-state index in [2.05, 4.69) is 53.5 Å². The highest BCUT2D eigenvalue weighted by molar-refractivity contribution is 6.23. The number of anilines is 1. The summed E-state index contributed by atoms with van der Waals surface area (Å²) >= 11 is 0. The number of hydrogen-bond donors (Lipinski definition) is 1. The van der Waals surface area contributed by atoms with Gasteiger partial charge in [-0.2, -0.15) is 0 Å². The number of rotatable bonds is 16. The normalized spacial score (nSPS) is 16.0. The predicted molar refractivity (Wildman–Crippen MR) is 180 cm³/mol. The number of benzene rings is 2. The van der Waals surface area contributed by atoms with E-state index in [0.717, 1.165) is 34.0 Å². The molecule has 4 aromatic rings. The minimum absolute atomic E-state index is 0.0672. The molecule has 1 atom stereocenters. The molecular formula is C36H39N5O8. The lowest BCUT2D eigenvalue weighted by atomic mass is 10.0. The highest BCUT2D eigenvalue weighted by Crippen LogP contribution is 2.30. The Balaban J connectivity index is 0.822. The SMILES string of the molecule is Cc1ccc(-c2cn3ccc(N(C)CCOCCOCCOCCOc4ccc5c(c4)C(=O)N(C4CCC(=O)NC4=O)C5=O)cc3n2)cc1. The number of carbonyl (C=O) groups is 4. The number of aryl methyl sites for hydroxylation is 1. The third-order valence-corrected chi connectivity index (χ3v) is 8.45. The molecule has 0 bridgehead atoms. The Morgan fingerprint density at radius 1 is 0.837 bits per heavy atom. The van der Waals surface area contributed by atoms with E-state index in [4.69, 9.17) is 23.9 Å². The van der Waals surface area contributed by atoms with Crippen LogP contribution in [0.4, 0.5) is 5.69 Å². The van der Waals surface area contributed by atoms with Crippen molar-refractivity contribution in [1.29, 1.82) is 0 Å². The molecule has 0 spiro atoms. The van der Waals surface area contributed by atoms with Crippen molar-refractivity contribution in [2.75, 3.05) is 64.7 Å². The van der Waals surface area contributed by atoms with Gasteiger partial charge in [-0.05, 0) is 37.6 Å². The smallest absolute Gasteiger partial charge is 0.262 e. The molecule has 2 aliphatic heterocycles. The molecule has 1 fully saturated rings. The van der Waals surface area contributed by atoms with Gasteiger partial charge in [-0.25, -0.2) is 4.98 Å². The van der Waals surface area contributed by atoms with E-state index < -0.39 is 29.7 Å². The van der Waals surface area contributed by atoms with Crippen LogP contribution in [-0.2, 0) is 23.8 Å². The number of fused-ring (bicyclic) bond motifs is 2. The van der Waals surface area contributed by atoms with Gasteiger partial charge in [-0.15, -0.1) is 0 Å². The van der Waals surface area contributed by atoms with Gasteiger partial charge in [0.15, 0.2) is 0 Å². The number of carbonyl (C=O) groups excluding carboxylic acids is 4. The van der Waals surface area contributed by atoms with Gasteiger partial charge in [0.05, 0.1) is 56.5 Å². The van der Waals surface area contributed by atoms with Crippen molar-refractivity contribution in [3.05, 3.63) is 83.7 Å². The molecule has 2 aromatic carbocycles. The van der Waals surface area contributed by atoms with Crippen molar-refractivity contribution in [3.8, 4) is 17.0 Å². The first-order valence-corrected chi connectivity index (χ1v) is 16.3. The number of aromatic nitrogens is 2. The van der Waals surface area contributed by atoms with Crippen molar-refractivity contribution in [1.82, 2.24) is 19.6 Å². The Kier molecular flexibility index (Phi) is 10.6. The highest BCUT2D eigenvalue weighted by Gasteiger charge is 2.44. The Hall–Kier alpha value is -5.11. The van der Waals surface area contributed by atoms with Gasteiger partial charge in [-0.3, -0.25) is 29.4 Å². The first-order valence-electron chi connectivity index (χ1n) is 16.3. The van der Waals surface area contributed by atoms with Crippen molar-refractivity contribution in [2.24, 2.45) is 0 Å². The molecular weight excluding hydrogens is 630 g/mol. The Morgan fingerprint density at radius 2 is 1.53 bits per heavy atom. The Morgan fingerprint density at radius 3 is 2.27 bits per heavy atom. The molecule has 49 heavy (non-hydrogen) atoms. The van der Waals surface area contributed by atoms with Gasteiger partial charge in [-0.1, -0.05) is 29.8 Å². The van der Waals surface area contributed by atoms with Crippen LogP contribution in [0.1, 0.15) is 39.1 Å². The number of amides is 4. The molecule has 1 saturated heterocycles. The molecule has 2 aromatic heterocycles. The van der Waals surface area contributed by atoms with Gasteiger partial charge in [0.25, 0.3) is 11.8 Å². The number of nitrogens with zero attached hydrogens (tertiary/aromatic N) is 4. The lowest BCUT2D eigenvalue weighted by Crippen LogP contribution is -2.54. The lowest BCUT2D eigenvalue weighted by molar-refractivity contribution is -0.136. The van der Waals surface area contributed by atoms with Crippen LogP contribution in [0, 0.1) is 6.92 Å². The topological polar surface area (TPSA) is 141 Å². The first-order chi connectivity index (χ1) is 23.8. The molecule has 13 nitrogen and oxygen atoms in total. The van der Waals surface area contributed by atoms with Crippen molar-refractivity contribution < 1.29 is 38.1 Å². The molecule has 13 heteroatoms. The fourth-order valence-corrected chi connectivity index (χ4v) is 5.70. The predicted octanol–water partition coefficient (Wildman–Crippen LogP) is 3.28. The van der Waals surface area contributed by atoms with Crippen LogP contribution in [0.3, 0.4) is 0 Å². The summed E-state index contributed by atoms with van der Waals surface area (Å²) in [7, 11) is 2.03. The summed E-state index contributed by atoms with van der Waals surface area (Å²) in [5, 5.41) is 2.19. The summed E-state index contributed by atoms with van der Waals surface area (Å²) < 4.78 is 24.6. The van der Waals surface area contributed by atoms with Crippen LogP contribution < -0.4 is 15.0 Å². The minimum atomic E-state index is -1.01. The number of piperidine rings is 1. The van der Waals surface area contributed by atoms with E-state index in [1.807, 2.05) is 23.8 Å². The van der Waals surface area contributed by atoms with Gasteiger partial charge in [0, 0.05) is 49.7 Å². The molecule has 4 heterocycles. The zero-order valence-corrected chi connectivity index (χ0v) is 27.6. The molecule has 256 valence electrons. The van der Waals surface area contributed by atoms with Crippen molar-refractivity contribution >= 4 is 35.0 Å². The summed E-state index contributed by atoms with van der Waals surface area (Å²) in [6.45, 7) is 5.59. The third-order valence-electron chi connectivity index (χ3n) is 8.45. The second-order valence-corrected chi connectivity index (χ2v) is 11.9. The van der Waals surface area contributed by atoms with Crippen LogP contribution in [-0.4, -0.2) is 104 Å². The maximum absolute atomic E-state index is 13.0. The van der Waals surface area contributed by atoms with Crippen LogP contribution in [0.25, 0.3) is 16.9 Å². The van der Waals surface area contributed by atoms with Gasteiger partial charge in [0.2, 0.25) is 11.8 Å². The molecule has 4 amide bonds. The molecule has 6 rings (SSSR count). The van der Waals surface area contributed by atoms with E-state index in [9.17, 15) is 19.2 Å². The minimum Gasteiger partial charge on any atom is -0.491 e. The molecule has 2 aliphatic rings. The largest absolute Gasteiger partial charge is 0.491 e. The highest BCUT2D eigenvalue weighted by atomic mass is 16.6. The van der Waals surface area contributed by atoms with E-state index in [0.29, 0.717) is 45.4 Å². The molecule has 0 saturated carbocycles. The third kappa shape index (κ3) is 7.96. The zero-order valence-electron chi connectivity index (χ0n) is 27.6.